The van der Waals surface area contributed by atoms with Crippen molar-refractivity contribution in [2.24, 2.45) is 39.9 Å². The van der Waals surface area contributed by atoms with Gasteiger partial charge in [-0.2, -0.15) is 0 Å². The van der Waals surface area contributed by atoms with Crippen LogP contribution in [0.15, 0.2) is 0 Å². The van der Waals surface area contributed by atoms with E-state index < -0.39 is 0 Å². The highest BCUT2D eigenvalue weighted by molar-refractivity contribution is 5.66. The average Bonchev–Trinajstić information content (AvgIpc) is 3.12. The summed E-state index contributed by atoms with van der Waals surface area (Å²) in [6.07, 6.45) is 9.63. The van der Waals surface area contributed by atoms with Crippen LogP contribution in [0.1, 0.15) is 79.1 Å². The first-order chi connectivity index (χ1) is 12.7. The van der Waals surface area contributed by atoms with E-state index in [-0.39, 0.29) is 35.0 Å². The van der Waals surface area contributed by atoms with E-state index in [0.29, 0.717) is 17.3 Å². The van der Waals surface area contributed by atoms with Crippen molar-refractivity contribution in [1.29, 1.82) is 0 Å². The molecule has 0 radical (unpaired) electrons. The molecule has 0 aromatic heterocycles. The lowest BCUT2D eigenvalue weighted by Gasteiger charge is -2.60. The Morgan fingerprint density at radius 1 is 0.852 bits per heavy atom. The zero-order valence-electron chi connectivity index (χ0n) is 17.3. The maximum atomic E-state index is 11.9. The van der Waals surface area contributed by atoms with Gasteiger partial charge >= 0.3 is 11.9 Å². The molecule has 0 heterocycles. The van der Waals surface area contributed by atoms with Crippen LogP contribution >= 0.6 is 0 Å². The lowest BCUT2D eigenvalue weighted by molar-refractivity contribution is -0.187. The van der Waals surface area contributed by atoms with Gasteiger partial charge in [0, 0.05) is 24.7 Å². The van der Waals surface area contributed by atoms with Crippen LogP contribution in [0.3, 0.4) is 0 Å². The van der Waals surface area contributed by atoms with Crippen LogP contribution in [0.4, 0.5) is 0 Å². The van der Waals surface area contributed by atoms with Crippen LogP contribution in [0, 0.1) is 39.9 Å². The largest absolute Gasteiger partial charge is 0.462 e. The Balaban J connectivity index is 1.48. The van der Waals surface area contributed by atoms with E-state index in [0.717, 1.165) is 31.1 Å². The fraction of sp³-hybridized carbons (Fsp3) is 0.913. The first-order valence-electron chi connectivity index (χ1n) is 11.1. The molecule has 5 fully saturated rings. The summed E-state index contributed by atoms with van der Waals surface area (Å²) in [6.45, 7) is 7.99. The Bertz CT molecular complexity index is 688. The molecule has 0 N–H and O–H groups in total. The van der Waals surface area contributed by atoms with E-state index in [2.05, 4.69) is 13.8 Å². The van der Waals surface area contributed by atoms with E-state index in [1.807, 2.05) is 0 Å². The van der Waals surface area contributed by atoms with E-state index in [1.165, 1.54) is 39.0 Å². The second-order valence-corrected chi connectivity index (χ2v) is 10.8. The molecule has 4 nitrogen and oxygen atoms in total. The van der Waals surface area contributed by atoms with E-state index in [1.54, 1.807) is 6.92 Å². The highest BCUT2D eigenvalue weighted by atomic mass is 16.5. The van der Waals surface area contributed by atoms with Crippen molar-refractivity contribution in [2.75, 3.05) is 0 Å². The van der Waals surface area contributed by atoms with Gasteiger partial charge in [-0.1, -0.05) is 13.8 Å². The van der Waals surface area contributed by atoms with Gasteiger partial charge < -0.3 is 9.47 Å². The van der Waals surface area contributed by atoms with Gasteiger partial charge in [0.1, 0.15) is 12.2 Å². The average molecular weight is 375 g/mol. The Labute approximate surface area is 162 Å². The Morgan fingerprint density at radius 3 is 2.22 bits per heavy atom. The first-order valence-corrected chi connectivity index (χ1v) is 11.1. The highest BCUT2D eigenvalue weighted by Gasteiger charge is 2.78. The maximum Gasteiger partial charge on any atom is 0.302 e. The Morgan fingerprint density at radius 2 is 1.56 bits per heavy atom. The number of esters is 2. The van der Waals surface area contributed by atoms with Gasteiger partial charge in [-0.05, 0) is 80.5 Å². The maximum absolute atomic E-state index is 11.9. The highest BCUT2D eigenvalue weighted by Crippen LogP contribution is 2.82. The fourth-order valence-electron chi connectivity index (χ4n) is 8.97. The van der Waals surface area contributed by atoms with Crippen molar-refractivity contribution in [3.63, 3.8) is 0 Å². The molecule has 27 heavy (non-hydrogen) atoms. The van der Waals surface area contributed by atoms with Crippen LogP contribution in [0.2, 0.25) is 0 Å². The zero-order chi connectivity index (χ0) is 19.2. The number of carbonyl (C=O) groups is 2. The molecule has 5 saturated carbocycles. The second kappa shape index (κ2) is 5.51. The van der Waals surface area contributed by atoms with Crippen LogP contribution in [0.25, 0.3) is 0 Å². The SMILES string of the molecule is CC(=O)O[C@@H]1CC[C@H]2[C@@H]3C[C@@H](OC(C)=O)[C@]45C[C@H]4CC[C@]5(C)[C@H]3CC[C@]12C. The summed E-state index contributed by atoms with van der Waals surface area (Å²) >= 11 is 0. The minimum absolute atomic E-state index is 0.0640. The molecule has 5 aliphatic carbocycles. The molecule has 5 rings (SSSR count). The van der Waals surface area contributed by atoms with Crippen molar-refractivity contribution >= 4 is 11.9 Å². The van der Waals surface area contributed by atoms with Crippen molar-refractivity contribution in [2.45, 2.75) is 91.3 Å². The standard InChI is InChI=1S/C23H34O4/c1-13(24)26-19-6-5-17-16-11-20(27-14(2)25)23-12-15(23)7-10-22(23,4)18(16)8-9-21(17,19)3/h15-20H,5-12H2,1-4H3/t15-,16+,17+,18+,19-,20-,21+,22-,23+/m1/s1. The summed E-state index contributed by atoms with van der Waals surface area (Å²) in [4.78, 5) is 23.6. The van der Waals surface area contributed by atoms with Crippen molar-refractivity contribution in [3.8, 4) is 0 Å². The predicted molar refractivity (Wildman–Crippen MR) is 101 cm³/mol. The van der Waals surface area contributed by atoms with Gasteiger partial charge in [0.25, 0.3) is 0 Å². The molecular formula is C23H34O4. The lowest BCUT2D eigenvalue weighted by atomic mass is 9.46. The van der Waals surface area contributed by atoms with Crippen LogP contribution in [0.5, 0.6) is 0 Å². The molecular weight excluding hydrogens is 340 g/mol. The Kier molecular flexibility index (Phi) is 3.67. The van der Waals surface area contributed by atoms with Crippen molar-refractivity contribution in [1.82, 2.24) is 0 Å². The fourth-order valence-corrected chi connectivity index (χ4v) is 8.97. The number of hydrogen-bond donors (Lipinski definition) is 0. The smallest absolute Gasteiger partial charge is 0.302 e. The summed E-state index contributed by atoms with van der Waals surface area (Å²) in [6, 6.07) is 0. The molecule has 0 aliphatic heterocycles. The molecule has 0 bridgehead atoms. The van der Waals surface area contributed by atoms with Gasteiger partial charge in [0.15, 0.2) is 0 Å². The van der Waals surface area contributed by atoms with E-state index in [9.17, 15) is 9.59 Å². The predicted octanol–water partition coefficient (Wildman–Crippen LogP) is 4.50. The molecule has 0 aromatic carbocycles. The summed E-state index contributed by atoms with van der Waals surface area (Å²) in [5.74, 6) is 2.45. The van der Waals surface area contributed by atoms with Crippen LogP contribution in [-0.2, 0) is 19.1 Å². The van der Waals surface area contributed by atoms with Gasteiger partial charge in [-0.3, -0.25) is 9.59 Å². The summed E-state index contributed by atoms with van der Waals surface area (Å²) in [5, 5.41) is 0. The lowest BCUT2D eigenvalue weighted by Crippen LogP contribution is -2.57. The molecule has 0 unspecified atom stereocenters. The molecule has 0 saturated heterocycles. The Hall–Kier alpha value is -1.06. The molecule has 4 heteroatoms. The molecule has 0 amide bonds. The van der Waals surface area contributed by atoms with E-state index in [4.69, 9.17) is 9.47 Å². The van der Waals surface area contributed by atoms with Gasteiger partial charge in [0.2, 0.25) is 0 Å². The molecule has 5 aliphatic rings. The first kappa shape index (κ1) is 18.0. The molecule has 1 spiro atoms. The quantitative estimate of drug-likeness (QED) is 0.668. The third-order valence-corrected chi connectivity index (χ3v) is 10.1. The number of carbonyl (C=O) groups excluding carboxylic acids is 2. The van der Waals surface area contributed by atoms with E-state index >= 15 is 0 Å². The van der Waals surface area contributed by atoms with Crippen LogP contribution in [-0.4, -0.2) is 24.1 Å². The second-order valence-electron chi connectivity index (χ2n) is 10.8. The summed E-state index contributed by atoms with van der Waals surface area (Å²) < 4.78 is 11.8. The number of rotatable bonds is 2. The normalized spacial score (nSPS) is 55.0. The summed E-state index contributed by atoms with van der Waals surface area (Å²) in [5.41, 5.74) is 0.680. The topological polar surface area (TPSA) is 52.6 Å². The minimum Gasteiger partial charge on any atom is -0.462 e. The summed E-state index contributed by atoms with van der Waals surface area (Å²) in [7, 11) is 0. The van der Waals surface area contributed by atoms with Crippen molar-refractivity contribution < 1.29 is 19.1 Å². The van der Waals surface area contributed by atoms with Crippen molar-refractivity contribution in [3.05, 3.63) is 0 Å². The molecule has 0 aromatic rings. The minimum atomic E-state index is -0.145. The zero-order valence-corrected chi connectivity index (χ0v) is 17.3. The number of fused-ring (bicyclic) bond motifs is 4. The van der Waals surface area contributed by atoms with Gasteiger partial charge in [-0.15, -0.1) is 0 Å². The van der Waals surface area contributed by atoms with Crippen LogP contribution < -0.4 is 0 Å². The monoisotopic (exact) mass is 374 g/mol. The van der Waals surface area contributed by atoms with Gasteiger partial charge in [-0.25, -0.2) is 0 Å². The molecule has 9 atom stereocenters. The third-order valence-electron chi connectivity index (χ3n) is 10.1. The molecule has 150 valence electrons. The third kappa shape index (κ3) is 2.16. The number of hydrogen-bond acceptors (Lipinski definition) is 4. The van der Waals surface area contributed by atoms with Gasteiger partial charge in [0.05, 0.1) is 0 Å². The number of ether oxygens (including phenoxy) is 2.